The van der Waals surface area contributed by atoms with Crippen molar-refractivity contribution in [3.63, 3.8) is 0 Å². The number of hydrogen-bond donors (Lipinski definition) is 5. The van der Waals surface area contributed by atoms with Crippen molar-refractivity contribution in [2.24, 2.45) is 17.2 Å². The summed E-state index contributed by atoms with van der Waals surface area (Å²) in [5, 5.41) is 17.7. The fourth-order valence-electron chi connectivity index (χ4n) is 0.573. The molecule has 0 aliphatic rings. The molecular formula is C7H17N3O3S3. The Labute approximate surface area is 106 Å². The summed E-state index contributed by atoms with van der Waals surface area (Å²) in [6.45, 7) is 0.162. The number of nitrogens with two attached hydrogens (primary N) is 3. The smallest absolute Gasteiger partial charge is 0.206 e. The molecule has 16 heavy (non-hydrogen) atoms. The average Bonchev–Trinajstić information content (AvgIpc) is 2.25. The van der Waals surface area contributed by atoms with E-state index in [0.717, 1.165) is 11.8 Å². The zero-order valence-corrected chi connectivity index (χ0v) is 11.1. The summed E-state index contributed by atoms with van der Waals surface area (Å²) in [6, 6.07) is -0.633. The Bertz CT molecular complexity index is 209. The van der Waals surface area contributed by atoms with Crippen LogP contribution < -0.4 is 17.2 Å². The van der Waals surface area contributed by atoms with Gasteiger partial charge in [-0.15, -0.1) is 0 Å². The summed E-state index contributed by atoms with van der Waals surface area (Å²) in [4.78, 5) is 11.4. The molecule has 0 radical (unpaired) electrons. The van der Waals surface area contributed by atoms with Gasteiger partial charge in [-0.3, -0.25) is 4.79 Å². The van der Waals surface area contributed by atoms with Crippen LogP contribution in [-0.4, -0.2) is 51.1 Å². The minimum atomic E-state index is -1.01. The SMILES string of the molecule is NCC(O)SSCC(N)C(=O)SCC(N)O. The van der Waals surface area contributed by atoms with Crippen LogP contribution in [0.2, 0.25) is 0 Å². The number of carbonyl (C=O) groups is 1. The highest BCUT2D eigenvalue weighted by molar-refractivity contribution is 8.76. The molecule has 3 atom stereocenters. The van der Waals surface area contributed by atoms with Crippen LogP contribution in [0.15, 0.2) is 0 Å². The van der Waals surface area contributed by atoms with Gasteiger partial charge in [0, 0.05) is 18.1 Å². The minimum Gasteiger partial charge on any atom is -0.380 e. The molecule has 0 spiro atoms. The second kappa shape index (κ2) is 9.54. The maximum atomic E-state index is 11.4. The fourth-order valence-corrected chi connectivity index (χ4v) is 3.31. The van der Waals surface area contributed by atoms with Crippen LogP contribution in [0.4, 0.5) is 0 Å². The Balaban J connectivity index is 3.63. The molecule has 0 aliphatic carbocycles. The molecule has 9 heteroatoms. The molecule has 0 aromatic heterocycles. The van der Waals surface area contributed by atoms with E-state index in [2.05, 4.69) is 0 Å². The summed E-state index contributed by atoms with van der Waals surface area (Å²) < 4.78 is 0. The van der Waals surface area contributed by atoms with Gasteiger partial charge in [-0.2, -0.15) is 0 Å². The van der Waals surface area contributed by atoms with E-state index in [1.807, 2.05) is 0 Å². The van der Waals surface area contributed by atoms with E-state index in [4.69, 9.17) is 27.4 Å². The van der Waals surface area contributed by atoms with Crippen LogP contribution in [0.25, 0.3) is 0 Å². The maximum Gasteiger partial charge on any atom is 0.206 e. The van der Waals surface area contributed by atoms with Crippen molar-refractivity contribution in [2.45, 2.75) is 17.7 Å². The van der Waals surface area contributed by atoms with Crippen molar-refractivity contribution >= 4 is 38.5 Å². The summed E-state index contributed by atoms with van der Waals surface area (Å²) in [5.41, 5.74) is 15.2. The highest BCUT2D eigenvalue weighted by Crippen LogP contribution is 2.25. The zero-order chi connectivity index (χ0) is 12.6. The molecule has 8 N–H and O–H groups in total. The van der Waals surface area contributed by atoms with Gasteiger partial charge < -0.3 is 27.4 Å². The lowest BCUT2D eigenvalue weighted by molar-refractivity contribution is -0.111. The van der Waals surface area contributed by atoms with E-state index in [1.165, 1.54) is 21.6 Å². The van der Waals surface area contributed by atoms with Crippen LogP contribution >= 0.6 is 33.3 Å². The van der Waals surface area contributed by atoms with Crippen LogP contribution in [0.3, 0.4) is 0 Å². The second-order valence-electron chi connectivity index (χ2n) is 2.87. The van der Waals surface area contributed by atoms with Crippen molar-refractivity contribution in [3.8, 4) is 0 Å². The number of aliphatic hydroxyl groups is 2. The van der Waals surface area contributed by atoms with E-state index >= 15 is 0 Å². The van der Waals surface area contributed by atoms with E-state index in [9.17, 15) is 4.79 Å². The molecule has 0 heterocycles. The van der Waals surface area contributed by atoms with Gasteiger partial charge in [0.2, 0.25) is 5.12 Å². The van der Waals surface area contributed by atoms with Crippen molar-refractivity contribution in [3.05, 3.63) is 0 Å². The molecule has 0 bridgehead atoms. The molecule has 0 aliphatic heterocycles. The molecule has 0 fully saturated rings. The van der Waals surface area contributed by atoms with Crippen molar-refractivity contribution in [1.29, 1.82) is 0 Å². The second-order valence-corrected chi connectivity index (χ2v) is 6.49. The van der Waals surface area contributed by atoms with Gasteiger partial charge in [-0.1, -0.05) is 33.3 Å². The monoisotopic (exact) mass is 287 g/mol. The number of aliphatic hydroxyl groups excluding tert-OH is 2. The minimum absolute atomic E-state index is 0.135. The summed E-state index contributed by atoms with van der Waals surface area (Å²) in [6.07, 6.45) is -1.01. The largest absolute Gasteiger partial charge is 0.380 e. The van der Waals surface area contributed by atoms with E-state index in [1.54, 1.807) is 0 Å². The number of hydrogen-bond acceptors (Lipinski definition) is 9. The fraction of sp³-hybridized carbons (Fsp3) is 0.857. The van der Waals surface area contributed by atoms with Crippen LogP contribution in [0, 0.1) is 0 Å². The molecule has 0 rings (SSSR count). The van der Waals surface area contributed by atoms with Gasteiger partial charge in [0.05, 0.1) is 6.04 Å². The first-order valence-electron chi connectivity index (χ1n) is 4.49. The Morgan fingerprint density at radius 1 is 1.25 bits per heavy atom. The number of thioether (sulfide) groups is 1. The first kappa shape index (κ1) is 16.5. The van der Waals surface area contributed by atoms with E-state index < -0.39 is 17.7 Å². The Morgan fingerprint density at radius 2 is 1.88 bits per heavy atom. The summed E-state index contributed by atoms with van der Waals surface area (Å²) in [5.74, 6) is 0.518. The first-order chi connectivity index (χ1) is 7.47. The molecule has 0 amide bonds. The van der Waals surface area contributed by atoms with Gasteiger partial charge in [0.25, 0.3) is 0 Å². The molecule has 3 unspecified atom stereocenters. The molecule has 0 saturated heterocycles. The quantitative estimate of drug-likeness (QED) is 0.267. The molecule has 0 aromatic rings. The van der Waals surface area contributed by atoms with Gasteiger partial charge in [-0.25, -0.2) is 0 Å². The molecule has 96 valence electrons. The predicted octanol–water partition coefficient (Wildman–Crippen LogP) is -1.49. The highest BCUT2D eigenvalue weighted by atomic mass is 33.1. The van der Waals surface area contributed by atoms with Crippen LogP contribution in [-0.2, 0) is 4.79 Å². The standard InChI is InChI=1S/C7H17N3O3S3/c8-1-6(12)16-15-2-4(9)7(13)14-3-5(10)11/h4-6,11-12H,1-3,8-10H2. The van der Waals surface area contributed by atoms with Crippen molar-refractivity contribution < 1.29 is 15.0 Å². The highest BCUT2D eigenvalue weighted by Gasteiger charge is 2.16. The third kappa shape index (κ3) is 8.65. The summed E-state index contributed by atoms with van der Waals surface area (Å²) >= 11 is 0.909. The van der Waals surface area contributed by atoms with Crippen molar-refractivity contribution in [2.75, 3.05) is 18.1 Å². The summed E-state index contributed by atoms with van der Waals surface area (Å²) in [7, 11) is 2.47. The van der Waals surface area contributed by atoms with Gasteiger partial charge in [0.15, 0.2) is 0 Å². The lowest BCUT2D eigenvalue weighted by atomic mass is 10.4. The zero-order valence-electron chi connectivity index (χ0n) is 8.61. The van der Waals surface area contributed by atoms with Gasteiger partial charge in [0.1, 0.15) is 11.7 Å². The predicted molar refractivity (Wildman–Crippen MR) is 70.7 cm³/mol. The van der Waals surface area contributed by atoms with Crippen LogP contribution in [0.1, 0.15) is 0 Å². The molecule has 6 nitrogen and oxygen atoms in total. The lowest BCUT2D eigenvalue weighted by Crippen LogP contribution is -2.32. The molecule has 0 aromatic carbocycles. The van der Waals surface area contributed by atoms with Gasteiger partial charge in [-0.05, 0) is 0 Å². The number of rotatable bonds is 8. The third-order valence-electron chi connectivity index (χ3n) is 1.33. The average molecular weight is 287 g/mol. The Morgan fingerprint density at radius 3 is 2.38 bits per heavy atom. The topological polar surface area (TPSA) is 136 Å². The van der Waals surface area contributed by atoms with E-state index in [-0.39, 0.29) is 17.4 Å². The van der Waals surface area contributed by atoms with Crippen LogP contribution in [0.5, 0.6) is 0 Å². The number of carbonyl (C=O) groups excluding carboxylic acids is 1. The maximum absolute atomic E-state index is 11.4. The van der Waals surface area contributed by atoms with Crippen molar-refractivity contribution in [1.82, 2.24) is 0 Å². The Kier molecular flexibility index (Phi) is 9.85. The Hall–Kier alpha value is 0.520. The molecule has 0 saturated carbocycles. The third-order valence-corrected chi connectivity index (χ3v) is 4.95. The van der Waals surface area contributed by atoms with E-state index in [0.29, 0.717) is 5.75 Å². The first-order valence-corrected chi connectivity index (χ1v) is 7.86. The normalized spacial score (nSPS) is 16.8. The molecular weight excluding hydrogens is 270 g/mol. The van der Waals surface area contributed by atoms with Gasteiger partial charge >= 0.3 is 0 Å². The lowest BCUT2D eigenvalue weighted by Gasteiger charge is -2.11.